The first kappa shape index (κ1) is 13.0. The Morgan fingerprint density at radius 3 is 3.05 bits per heavy atom. The van der Waals surface area contributed by atoms with E-state index < -0.39 is 0 Å². The number of carbonyl (C=O) groups is 1. The molecule has 104 valence electrons. The highest BCUT2D eigenvalue weighted by molar-refractivity contribution is 7.10. The van der Waals surface area contributed by atoms with E-state index in [9.17, 15) is 4.79 Å². The molecule has 0 saturated carbocycles. The second kappa shape index (κ2) is 5.56. The van der Waals surface area contributed by atoms with Crippen LogP contribution in [0.3, 0.4) is 0 Å². The van der Waals surface area contributed by atoms with Crippen LogP contribution in [-0.2, 0) is 17.8 Å². The van der Waals surface area contributed by atoms with Gasteiger partial charge >= 0.3 is 0 Å². The second-order valence-corrected chi connectivity index (χ2v) is 5.41. The summed E-state index contributed by atoms with van der Waals surface area (Å²) >= 11 is 1.19. The number of amides is 1. The van der Waals surface area contributed by atoms with Gasteiger partial charge in [0.25, 0.3) is 0 Å². The number of carbonyl (C=O) groups excluding carboxylic acids is 1. The van der Waals surface area contributed by atoms with Crippen molar-refractivity contribution in [1.29, 1.82) is 0 Å². The molecule has 1 aromatic heterocycles. The molecule has 1 aliphatic heterocycles. The van der Waals surface area contributed by atoms with E-state index in [-0.39, 0.29) is 5.91 Å². The lowest BCUT2D eigenvalue weighted by Crippen LogP contribution is -2.30. The molecule has 2 heterocycles. The molecule has 0 radical (unpaired) electrons. The predicted octanol–water partition coefficient (Wildman–Crippen LogP) is 1.69. The third-order valence-corrected chi connectivity index (χ3v) is 4.11. The summed E-state index contributed by atoms with van der Waals surface area (Å²) in [5, 5.41) is 4.75. The van der Waals surface area contributed by atoms with Gasteiger partial charge in [-0.25, -0.2) is 5.84 Å². The number of para-hydroxylation sites is 1. The third-order valence-electron chi connectivity index (χ3n) is 3.41. The van der Waals surface area contributed by atoms with Crippen LogP contribution in [0.2, 0.25) is 0 Å². The fourth-order valence-corrected chi connectivity index (χ4v) is 2.91. The Morgan fingerprint density at radius 1 is 1.35 bits per heavy atom. The van der Waals surface area contributed by atoms with E-state index in [1.165, 1.54) is 17.1 Å². The zero-order valence-corrected chi connectivity index (χ0v) is 11.7. The number of nitrogens with one attached hydrogen (secondary N) is 1. The van der Waals surface area contributed by atoms with Crippen molar-refractivity contribution in [2.24, 2.45) is 5.84 Å². The molecule has 0 aliphatic carbocycles. The topological polar surface area (TPSA) is 84.1 Å². The lowest BCUT2D eigenvalue weighted by Gasteiger charge is -2.22. The highest BCUT2D eigenvalue weighted by atomic mass is 32.1. The van der Waals surface area contributed by atoms with Crippen molar-refractivity contribution in [2.45, 2.75) is 25.8 Å². The van der Waals surface area contributed by atoms with Crippen LogP contribution in [0.25, 0.3) is 0 Å². The number of rotatable bonds is 3. The van der Waals surface area contributed by atoms with Gasteiger partial charge in [-0.05, 0) is 24.5 Å². The van der Waals surface area contributed by atoms with Gasteiger partial charge in [-0.15, -0.1) is 5.10 Å². The van der Waals surface area contributed by atoms with Crippen LogP contribution in [0.1, 0.15) is 24.1 Å². The van der Waals surface area contributed by atoms with Gasteiger partial charge in [0.2, 0.25) is 5.91 Å². The van der Waals surface area contributed by atoms with Gasteiger partial charge in [-0.2, -0.15) is 0 Å². The van der Waals surface area contributed by atoms with Crippen LogP contribution in [0, 0.1) is 0 Å². The van der Waals surface area contributed by atoms with Crippen LogP contribution in [0.4, 0.5) is 10.7 Å². The first-order chi connectivity index (χ1) is 9.79. The summed E-state index contributed by atoms with van der Waals surface area (Å²) < 4.78 is 3.87. The van der Waals surface area contributed by atoms with Crippen molar-refractivity contribution in [3.63, 3.8) is 0 Å². The summed E-state index contributed by atoms with van der Waals surface area (Å²) in [5.74, 6) is 5.55. The Bertz CT molecular complexity index is 627. The zero-order chi connectivity index (χ0) is 13.9. The van der Waals surface area contributed by atoms with Gasteiger partial charge in [0.1, 0.15) is 10.7 Å². The standard InChI is InChI=1S/C13H15N5OS/c14-15-13-10(16-17-20-13)8-18-11-6-2-1-4-9(11)5-3-7-12(18)19/h1-2,4,6,15H,3,5,7-8,14H2. The van der Waals surface area contributed by atoms with Crippen LogP contribution in [0.5, 0.6) is 0 Å². The van der Waals surface area contributed by atoms with Gasteiger partial charge in [0.05, 0.1) is 6.54 Å². The first-order valence-corrected chi connectivity index (χ1v) is 7.23. The lowest BCUT2D eigenvalue weighted by atomic mass is 10.1. The van der Waals surface area contributed by atoms with Gasteiger partial charge in [-0.1, -0.05) is 22.7 Å². The minimum absolute atomic E-state index is 0.117. The molecule has 1 amide bonds. The van der Waals surface area contributed by atoms with E-state index in [4.69, 9.17) is 5.84 Å². The van der Waals surface area contributed by atoms with E-state index in [1.54, 1.807) is 4.90 Å². The van der Waals surface area contributed by atoms with E-state index in [2.05, 4.69) is 21.1 Å². The molecule has 3 rings (SSSR count). The van der Waals surface area contributed by atoms with E-state index >= 15 is 0 Å². The minimum atomic E-state index is 0.117. The third kappa shape index (κ3) is 2.37. The molecule has 0 spiro atoms. The maximum atomic E-state index is 12.3. The van der Waals surface area contributed by atoms with Gasteiger partial charge < -0.3 is 10.3 Å². The van der Waals surface area contributed by atoms with Crippen molar-refractivity contribution < 1.29 is 4.79 Å². The van der Waals surface area contributed by atoms with Gasteiger partial charge in [0, 0.05) is 23.6 Å². The van der Waals surface area contributed by atoms with Crippen molar-refractivity contribution in [1.82, 2.24) is 9.59 Å². The van der Waals surface area contributed by atoms with Crippen molar-refractivity contribution >= 4 is 28.1 Å². The molecule has 0 unspecified atom stereocenters. The molecule has 0 atom stereocenters. The molecule has 2 aromatic rings. The average Bonchev–Trinajstić information content (AvgIpc) is 2.86. The molecular weight excluding hydrogens is 274 g/mol. The molecule has 6 nitrogen and oxygen atoms in total. The summed E-state index contributed by atoms with van der Waals surface area (Å²) in [6.45, 7) is 0.395. The number of anilines is 2. The second-order valence-electron chi connectivity index (χ2n) is 4.66. The molecule has 1 aromatic carbocycles. The smallest absolute Gasteiger partial charge is 0.227 e. The Hall–Kier alpha value is -1.99. The number of nitrogens with zero attached hydrogens (tertiary/aromatic N) is 3. The fraction of sp³-hybridized carbons (Fsp3) is 0.308. The number of benzene rings is 1. The number of hydrogen-bond acceptors (Lipinski definition) is 6. The first-order valence-electron chi connectivity index (χ1n) is 6.45. The quantitative estimate of drug-likeness (QED) is 0.663. The summed E-state index contributed by atoms with van der Waals surface area (Å²) in [6.07, 6.45) is 2.36. The molecular formula is C13H15N5OS. The number of hydrogen-bond donors (Lipinski definition) is 2. The number of aromatic nitrogens is 2. The normalized spacial score (nSPS) is 14.8. The molecule has 20 heavy (non-hydrogen) atoms. The zero-order valence-electron chi connectivity index (χ0n) is 10.9. The average molecular weight is 289 g/mol. The predicted molar refractivity (Wildman–Crippen MR) is 78.3 cm³/mol. The Kier molecular flexibility index (Phi) is 3.62. The minimum Gasteiger partial charge on any atom is -0.313 e. The highest BCUT2D eigenvalue weighted by Gasteiger charge is 2.24. The van der Waals surface area contributed by atoms with Gasteiger partial charge in [-0.3, -0.25) is 4.79 Å². The largest absolute Gasteiger partial charge is 0.313 e. The fourth-order valence-electron chi connectivity index (χ4n) is 2.43. The van der Waals surface area contributed by atoms with Crippen LogP contribution in [-0.4, -0.2) is 15.5 Å². The number of nitrogen functional groups attached to an aromatic ring is 1. The number of aryl methyl sites for hydroxylation is 1. The van der Waals surface area contributed by atoms with Crippen LogP contribution < -0.4 is 16.2 Å². The lowest BCUT2D eigenvalue weighted by molar-refractivity contribution is -0.118. The summed E-state index contributed by atoms with van der Waals surface area (Å²) in [7, 11) is 0. The molecule has 3 N–H and O–H groups in total. The Labute approximate surface area is 120 Å². The number of nitrogens with two attached hydrogens (primary N) is 1. The maximum Gasteiger partial charge on any atom is 0.227 e. The van der Waals surface area contributed by atoms with Crippen LogP contribution in [0.15, 0.2) is 24.3 Å². The van der Waals surface area contributed by atoms with Crippen molar-refractivity contribution in [3.8, 4) is 0 Å². The Morgan fingerprint density at radius 2 is 2.20 bits per heavy atom. The van der Waals surface area contributed by atoms with Crippen molar-refractivity contribution in [2.75, 3.05) is 10.3 Å². The molecule has 1 aliphatic rings. The molecule has 0 fully saturated rings. The number of fused-ring (bicyclic) bond motifs is 1. The van der Waals surface area contributed by atoms with E-state index in [0.29, 0.717) is 23.7 Å². The van der Waals surface area contributed by atoms with Crippen molar-refractivity contribution in [3.05, 3.63) is 35.5 Å². The highest BCUT2D eigenvalue weighted by Crippen LogP contribution is 2.29. The van der Waals surface area contributed by atoms with Gasteiger partial charge in [0.15, 0.2) is 0 Å². The SMILES string of the molecule is NNc1snnc1CN1C(=O)CCCc2ccccc21. The summed E-state index contributed by atoms with van der Waals surface area (Å²) in [4.78, 5) is 14.1. The van der Waals surface area contributed by atoms with E-state index in [0.717, 1.165) is 18.5 Å². The number of hydrazine groups is 1. The molecule has 7 heteroatoms. The molecule has 0 saturated heterocycles. The van der Waals surface area contributed by atoms with Crippen LogP contribution >= 0.6 is 11.5 Å². The molecule has 0 bridgehead atoms. The monoisotopic (exact) mass is 289 g/mol. The summed E-state index contributed by atoms with van der Waals surface area (Å²) in [6, 6.07) is 8.01. The van der Waals surface area contributed by atoms with E-state index in [1.807, 2.05) is 18.2 Å². The maximum absolute atomic E-state index is 12.3. The Balaban J connectivity index is 1.96. The summed E-state index contributed by atoms with van der Waals surface area (Å²) in [5.41, 5.74) is 5.43.